The van der Waals surface area contributed by atoms with Gasteiger partial charge in [-0.05, 0) is 39.9 Å². The standard InChI is InChI=1S/C15H25N3O2S/c1-4-20-14(19)6-5-12-11-21-15(16-12)18(3)13-7-9-17(2)10-8-13/h11,13H,4-10H2,1-3H3. The molecule has 0 atom stereocenters. The number of aryl methyl sites for hydroxylation is 1. The van der Waals surface area contributed by atoms with E-state index in [1.807, 2.05) is 6.92 Å². The van der Waals surface area contributed by atoms with E-state index in [0.29, 0.717) is 25.5 Å². The Morgan fingerprint density at radius 2 is 2.24 bits per heavy atom. The third-order valence-electron chi connectivity index (χ3n) is 3.97. The van der Waals surface area contributed by atoms with E-state index in [0.717, 1.165) is 23.9 Å². The van der Waals surface area contributed by atoms with Gasteiger partial charge in [0.2, 0.25) is 0 Å². The maximum absolute atomic E-state index is 11.4. The van der Waals surface area contributed by atoms with Gasteiger partial charge in [0.05, 0.1) is 18.7 Å². The van der Waals surface area contributed by atoms with Gasteiger partial charge >= 0.3 is 5.97 Å². The summed E-state index contributed by atoms with van der Waals surface area (Å²) in [5.74, 6) is -0.143. The van der Waals surface area contributed by atoms with E-state index in [1.54, 1.807) is 11.3 Å². The van der Waals surface area contributed by atoms with Crippen LogP contribution < -0.4 is 4.90 Å². The number of aromatic nitrogens is 1. The lowest BCUT2D eigenvalue weighted by Gasteiger charge is -2.34. The van der Waals surface area contributed by atoms with Gasteiger partial charge in [-0.1, -0.05) is 0 Å². The number of nitrogens with zero attached hydrogens (tertiary/aromatic N) is 3. The highest BCUT2D eigenvalue weighted by Gasteiger charge is 2.22. The highest BCUT2D eigenvalue weighted by atomic mass is 32.1. The Labute approximate surface area is 130 Å². The number of rotatable bonds is 6. The summed E-state index contributed by atoms with van der Waals surface area (Å²) in [6, 6.07) is 0.574. The van der Waals surface area contributed by atoms with Crippen molar-refractivity contribution in [1.29, 1.82) is 0 Å². The zero-order chi connectivity index (χ0) is 15.2. The zero-order valence-electron chi connectivity index (χ0n) is 13.2. The molecule has 1 fully saturated rings. The molecule has 0 bridgehead atoms. The lowest BCUT2D eigenvalue weighted by Crippen LogP contribution is -2.41. The van der Waals surface area contributed by atoms with Crippen molar-refractivity contribution in [2.24, 2.45) is 0 Å². The van der Waals surface area contributed by atoms with E-state index in [2.05, 4.69) is 34.3 Å². The summed E-state index contributed by atoms with van der Waals surface area (Å²) in [5.41, 5.74) is 0.989. The Hall–Kier alpha value is -1.14. The fraction of sp³-hybridized carbons (Fsp3) is 0.733. The fourth-order valence-corrected chi connectivity index (χ4v) is 3.47. The minimum atomic E-state index is -0.143. The third-order valence-corrected chi connectivity index (χ3v) is 4.95. The minimum Gasteiger partial charge on any atom is -0.466 e. The van der Waals surface area contributed by atoms with Gasteiger partial charge < -0.3 is 14.5 Å². The molecule has 0 saturated carbocycles. The highest BCUT2D eigenvalue weighted by molar-refractivity contribution is 7.13. The summed E-state index contributed by atoms with van der Waals surface area (Å²) in [6.07, 6.45) is 3.45. The van der Waals surface area contributed by atoms with Gasteiger partial charge in [-0.3, -0.25) is 4.79 Å². The maximum atomic E-state index is 11.4. The Balaban J connectivity index is 1.85. The topological polar surface area (TPSA) is 45.7 Å². The van der Waals surface area contributed by atoms with Crippen LogP contribution in [0.5, 0.6) is 0 Å². The number of thiazole rings is 1. The second-order valence-electron chi connectivity index (χ2n) is 5.57. The predicted molar refractivity (Wildman–Crippen MR) is 86.0 cm³/mol. The van der Waals surface area contributed by atoms with Gasteiger partial charge in [0.25, 0.3) is 0 Å². The van der Waals surface area contributed by atoms with E-state index in [-0.39, 0.29) is 5.97 Å². The Bertz CT molecular complexity index is 456. The molecule has 1 aromatic heterocycles. The van der Waals surface area contributed by atoms with Crippen LogP contribution in [0.3, 0.4) is 0 Å². The van der Waals surface area contributed by atoms with Gasteiger partial charge in [0, 0.05) is 24.9 Å². The number of carbonyl (C=O) groups is 1. The first-order chi connectivity index (χ1) is 10.1. The number of hydrogen-bond donors (Lipinski definition) is 0. The number of carbonyl (C=O) groups excluding carboxylic acids is 1. The summed E-state index contributed by atoms with van der Waals surface area (Å²) in [5, 5.41) is 3.11. The van der Waals surface area contributed by atoms with Crippen LogP contribution in [-0.2, 0) is 16.0 Å². The average molecular weight is 311 g/mol. The maximum Gasteiger partial charge on any atom is 0.306 e. The van der Waals surface area contributed by atoms with Gasteiger partial charge in [-0.2, -0.15) is 0 Å². The van der Waals surface area contributed by atoms with Crippen molar-refractivity contribution in [1.82, 2.24) is 9.88 Å². The first-order valence-corrected chi connectivity index (χ1v) is 8.49. The van der Waals surface area contributed by atoms with Crippen molar-refractivity contribution in [2.75, 3.05) is 38.7 Å². The fourth-order valence-electron chi connectivity index (χ4n) is 2.57. The molecule has 0 radical (unpaired) electrons. The smallest absolute Gasteiger partial charge is 0.306 e. The lowest BCUT2D eigenvalue weighted by atomic mass is 10.0. The third kappa shape index (κ3) is 4.68. The lowest BCUT2D eigenvalue weighted by molar-refractivity contribution is -0.143. The Morgan fingerprint density at radius 1 is 1.52 bits per heavy atom. The summed E-state index contributed by atoms with van der Waals surface area (Å²) in [6.45, 7) is 4.57. The molecule has 118 valence electrons. The molecule has 1 aliphatic rings. The predicted octanol–water partition coefficient (Wildman–Crippen LogP) is 2.17. The molecule has 0 aliphatic carbocycles. The van der Waals surface area contributed by atoms with E-state index < -0.39 is 0 Å². The largest absolute Gasteiger partial charge is 0.466 e. The molecule has 1 saturated heterocycles. The van der Waals surface area contributed by atoms with Crippen LogP contribution in [-0.4, -0.2) is 55.7 Å². The van der Waals surface area contributed by atoms with Crippen LogP contribution in [0.2, 0.25) is 0 Å². The normalized spacial score (nSPS) is 16.9. The molecule has 21 heavy (non-hydrogen) atoms. The van der Waals surface area contributed by atoms with E-state index >= 15 is 0 Å². The van der Waals surface area contributed by atoms with E-state index in [4.69, 9.17) is 4.74 Å². The Kier molecular flexibility index (Phi) is 5.99. The quantitative estimate of drug-likeness (QED) is 0.754. The second-order valence-corrected chi connectivity index (χ2v) is 6.41. The van der Waals surface area contributed by atoms with Crippen molar-refractivity contribution < 1.29 is 9.53 Å². The first-order valence-electron chi connectivity index (χ1n) is 7.61. The second kappa shape index (κ2) is 7.75. The summed E-state index contributed by atoms with van der Waals surface area (Å²) < 4.78 is 4.94. The number of ether oxygens (including phenoxy) is 1. The summed E-state index contributed by atoms with van der Waals surface area (Å²) >= 11 is 1.67. The number of anilines is 1. The van der Waals surface area contributed by atoms with Gasteiger partial charge in [-0.25, -0.2) is 4.98 Å². The van der Waals surface area contributed by atoms with Gasteiger partial charge in [0.15, 0.2) is 5.13 Å². The van der Waals surface area contributed by atoms with Crippen LogP contribution in [0.4, 0.5) is 5.13 Å². The van der Waals surface area contributed by atoms with E-state index in [1.165, 1.54) is 12.8 Å². The van der Waals surface area contributed by atoms with Crippen LogP contribution in [0.25, 0.3) is 0 Å². The number of likely N-dealkylation sites (tertiary alicyclic amines) is 1. The Morgan fingerprint density at radius 3 is 2.90 bits per heavy atom. The van der Waals surface area contributed by atoms with Crippen molar-refractivity contribution in [3.8, 4) is 0 Å². The highest BCUT2D eigenvalue weighted by Crippen LogP contribution is 2.25. The molecule has 2 rings (SSSR count). The molecule has 1 aliphatic heterocycles. The molecule has 0 unspecified atom stereocenters. The summed E-state index contributed by atoms with van der Waals surface area (Å²) in [4.78, 5) is 20.7. The molecule has 1 aromatic rings. The summed E-state index contributed by atoms with van der Waals surface area (Å²) in [7, 11) is 4.30. The number of hydrogen-bond acceptors (Lipinski definition) is 6. The molecular formula is C15H25N3O2S. The molecule has 0 aromatic carbocycles. The molecule has 5 nitrogen and oxygen atoms in total. The zero-order valence-corrected chi connectivity index (χ0v) is 14.0. The SMILES string of the molecule is CCOC(=O)CCc1csc(N(C)C2CCN(C)CC2)n1. The minimum absolute atomic E-state index is 0.143. The van der Waals surface area contributed by atoms with Crippen LogP contribution in [0, 0.1) is 0 Å². The average Bonchev–Trinajstić information content (AvgIpc) is 2.94. The van der Waals surface area contributed by atoms with E-state index in [9.17, 15) is 4.79 Å². The molecule has 0 spiro atoms. The van der Waals surface area contributed by atoms with Crippen molar-refractivity contribution in [3.63, 3.8) is 0 Å². The van der Waals surface area contributed by atoms with Crippen molar-refractivity contribution in [3.05, 3.63) is 11.1 Å². The molecule has 2 heterocycles. The molecular weight excluding hydrogens is 286 g/mol. The molecule has 0 N–H and O–H groups in total. The number of piperidine rings is 1. The van der Waals surface area contributed by atoms with Gasteiger partial charge in [0.1, 0.15) is 0 Å². The van der Waals surface area contributed by atoms with Crippen LogP contribution >= 0.6 is 11.3 Å². The molecule has 6 heteroatoms. The number of esters is 1. The first kappa shape index (κ1) is 16.2. The van der Waals surface area contributed by atoms with Crippen LogP contribution in [0.15, 0.2) is 5.38 Å². The molecule has 0 amide bonds. The van der Waals surface area contributed by atoms with Gasteiger partial charge in [-0.15, -0.1) is 11.3 Å². The monoisotopic (exact) mass is 311 g/mol. The van der Waals surface area contributed by atoms with Crippen LogP contribution in [0.1, 0.15) is 31.9 Å². The van der Waals surface area contributed by atoms with Crippen molar-refractivity contribution >= 4 is 22.4 Å². The van der Waals surface area contributed by atoms with Crippen molar-refractivity contribution in [2.45, 2.75) is 38.6 Å².